The van der Waals surface area contributed by atoms with Crippen LogP contribution in [0.2, 0.25) is 10.0 Å². The number of benzene rings is 2. The van der Waals surface area contributed by atoms with E-state index in [4.69, 9.17) is 27.9 Å². The summed E-state index contributed by atoms with van der Waals surface area (Å²) < 4.78 is 5.92. The van der Waals surface area contributed by atoms with E-state index in [-0.39, 0.29) is 11.8 Å². The van der Waals surface area contributed by atoms with Crippen LogP contribution in [0.1, 0.15) is 25.3 Å². The number of aryl methyl sites for hydroxylation is 1. The van der Waals surface area contributed by atoms with Gasteiger partial charge in [0.25, 0.3) is 5.91 Å². The molecular weight excluding hydrogens is 469 g/mol. The first-order chi connectivity index (χ1) is 15.3. The molecule has 166 valence electrons. The lowest BCUT2D eigenvalue weighted by molar-refractivity contribution is -0.129. The highest BCUT2D eigenvalue weighted by molar-refractivity contribution is 7.09. The number of thiazole rings is 1. The fourth-order valence-electron chi connectivity index (χ4n) is 3.59. The Balaban J connectivity index is 1.69. The summed E-state index contributed by atoms with van der Waals surface area (Å²) in [6, 6.07) is 9.56. The average molecular weight is 490 g/mol. The van der Waals surface area contributed by atoms with Crippen LogP contribution in [0.25, 0.3) is 11.3 Å². The Morgan fingerprint density at radius 3 is 2.59 bits per heavy atom. The van der Waals surface area contributed by atoms with Gasteiger partial charge in [-0.25, -0.2) is 4.98 Å². The van der Waals surface area contributed by atoms with Crippen molar-refractivity contribution >= 4 is 57.7 Å². The fourth-order valence-corrected chi connectivity index (χ4v) is 4.73. The lowest BCUT2D eigenvalue weighted by atomic mass is 10.0. The number of hydrogen-bond acceptors (Lipinski definition) is 5. The monoisotopic (exact) mass is 489 g/mol. The minimum atomic E-state index is -0.802. The Morgan fingerprint density at radius 1 is 1.25 bits per heavy atom. The zero-order chi connectivity index (χ0) is 23.0. The second kappa shape index (κ2) is 9.10. The molecule has 1 aromatic heterocycles. The van der Waals surface area contributed by atoms with Gasteiger partial charge in [0.15, 0.2) is 6.10 Å². The number of anilines is 2. The third-order valence-corrected chi connectivity index (χ3v) is 6.39. The van der Waals surface area contributed by atoms with Crippen LogP contribution in [0, 0.1) is 6.92 Å². The summed E-state index contributed by atoms with van der Waals surface area (Å²) in [6.45, 7) is 5.49. The van der Waals surface area contributed by atoms with Gasteiger partial charge in [0.1, 0.15) is 11.8 Å². The topological polar surface area (TPSA) is 71.5 Å². The van der Waals surface area contributed by atoms with Crippen molar-refractivity contribution in [3.05, 3.63) is 56.8 Å². The molecule has 2 amide bonds. The highest BCUT2D eigenvalue weighted by atomic mass is 35.5. The number of carbonyl (C=O) groups is 2. The highest BCUT2D eigenvalue weighted by Gasteiger charge is 2.38. The third kappa shape index (κ3) is 4.46. The van der Waals surface area contributed by atoms with Crippen molar-refractivity contribution in [3.8, 4) is 17.0 Å². The molecule has 32 heavy (non-hydrogen) atoms. The van der Waals surface area contributed by atoms with Crippen LogP contribution in [0.3, 0.4) is 0 Å². The van der Waals surface area contributed by atoms with Gasteiger partial charge < -0.3 is 10.1 Å². The first-order valence-electron chi connectivity index (χ1n) is 10.1. The molecule has 9 heteroatoms. The first kappa shape index (κ1) is 22.6. The van der Waals surface area contributed by atoms with E-state index < -0.39 is 12.1 Å². The molecule has 1 N–H and O–H groups in total. The van der Waals surface area contributed by atoms with Crippen molar-refractivity contribution in [2.45, 2.75) is 39.3 Å². The van der Waals surface area contributed by atoms with Crippen molar-refractivity contribution in [1.29, 1.82) is 0 Å². The molecule has 3 aromatic rings. The first-order valence-corrected chi connectivity index (χ1v) is 11.7. The van der Waals surface area contributed by atoms with Crippen LogP contribution in [0.4, 0.5) is 11.4 Å². The maximum absolute atomic E-state index is 13.2. The predicted octanol–water partition coefficient (Wildman–Crippen LogP) is 5.96. The molecule has 0 fully saturated rings. The predicted molar refractivity (Wildman–Crippen MR) is 129 cm³/mol. The SMILES string of the molecule is CCC1Oc2ccc(-c3csc(C)n3)cc2N(C(C)C(=O)Nc2cc(Cl)cc(Cl)c2)C1=O. The molecule has 2 unspecified atom stereocenters. The molecule has 1 aliphatic heterocycles. The Bertz CT molecular complexity index is 1180. The summed E-state index contributed by atoms with van der Waals surface area (Å²) >= 11 is 13.6. The number of rotatable bonds is 5. The number of ether oxygens (including phenoxy) is 1. The second-order valence-electron chi connectivity index (χ2n) is 7.48. The van der Waals surface area contributed by atoms with E-state index in [1.54, 1.807) is 36.5 Å². The van der Waals surface area contributed by atoms with E-state index in [2.05, 4.69) is 10.3 Å². The largest absolute Gasteiger partial charge is 0.478 e. The highest BCUT2D eigenvalue weighted by Crippen LogP contribution is 2.39. The van der Waals surface area contributed by atoms with Gasteiger partial charge in [-0.3, -0.25) is 14.5 Å². The maximum Gasteiger partial charge on any atom is 0.268 e. The molecule has 0 saturated heterocycles. The van der Waals surface area contributed by atoms with Crippen molar-refractivity contribution < 1.29 is 14.3 Å². The number of halogens is 2. The molecule has 2 atom stereocenters. The lowest BCUT2D eigenvalue weighted by Crippen LogP contribution is -2.53. The standard InChI is InChI=1S/C23H21Cl2N3O3S/c1-4-20-23(30)28(12(2)22(29)27-17-9-15(24)8-16(25)10-17)19-7-14(5-6-21(19)31-20)18-11-32-13(3)26-18/h5-12,20H,4H2,1-3H3,(H,27,29). The van der Waals surface area contributed by atoms with Crippen LogP contribution >= 0.6 is 34.5 Å². The van der Waals surface area contributed by atoms with Gasteiger partial charge in [-0.1, -0.05) is 30.1 Å². The Morgan fingerprint density at radius 2 is 1.97 bits per heavy atom. The minimum absolute atomic E-state index is 0.265. The normalized spacial score (nSPS) is 16.3. The molecule has 0 bridgehead atoms. The number of nitrogens with zero attached hydrogens (tertiary/aromatic N) is 2. The summed E-state index contributed by atoms with van der Waals surface area (Å²) in [5.74, 6) is -0.0784. The maximum atomic E-state index is 13.2. The van der Waals surface area contributed by atoms with Crippen molar-refractivity contribution in [1.82, 2.24) is 4.98 Å². The van der Waals surface area contributed by atoms with E-state index in [1.165, 1.54) is 4.90 Å². The minimum Gasteiger partial charge on any atom is -0.478 e. The number of aromatic nitrogens is 1. The number of hydrogen-bond donors (Lipinski definition) is 1. The Hall–Kier alpha value is -2.61. The molecule has 2 aromatic carbocycles. The third-order valence-electron chi connectivity index (χ3n) is 5.18. The lowest BCUT2D eigenvalue weighted by Gasteiger charge is -2.37. The zero-order valence-corrected chi connectivity index (χ0v) is 20.0. The molecule has 6 nitrogen and oxygen atoms in total. The summed E-state index contributed by atoms with van der Waals surface area (Å²) in [4.78, 5) is 32.4. The van der Waals surface area contributed by atoms with Gasteiger partial charge in [-0.15, -0.1) is 11.3 Å². The zero-order valence-electron chi connectivity index (χ0n) is 17.7. The molecule has 1 aliphatic rings. The van der Waals surface area contributed by atoms with Crippen LogP contribution in [-0.2, 0) is 9.59 Å². The Kier molecular flexibility index (Phi) is 6.42. The number of nitrogens with one attached hydrogen (secondary N) is 1. The van der Waals surface area contributed by atoms with E-state index in [0.29, 0.717) is 33.6 Å². The molecule has 0 spiro atoms. The van der Waals surface area contributed by atoms with E-state index in [0.717, 1.165) is 16.3 Å². The number of amides is 2. The van der Waals surface area contributed by atoms with Gasteiger partial charge >= 0.3 is 0 Å². The second-order valence-corrected chi connectivity index (χ2v) is 9.42. The van der Waals surface area contributed by atoms with Gasteiger partial charge in [-0.2, -0.15) is 0 Å². The number of fused-ring (bicyclic) bond motifs is 1. The molecule has 0 saturated carbocycles. The van der Waals surface area contributed by atoms with Crippen LogP contribution in [0.5, 0.6) is 5.75 Å². The molecular formula is C23H21Cl2N3O3S. The van der Waals surface area contributed by atoms with E-state index in [9.17, 15) is 9.59 Å². The smallest absolute Gasteiger partial charge is 0.268 e. The van der Waals surface area contributed by atoms with Crippen molar-refractivity contribution in [2.24, 2.45) is 0 Å². The summed E-state index contributed by atoms with van der Waals surface area (Å²) in [5.41, 5.74) is 2.65. The van der Waals surface area contributed by atoms with Gasteiger partial charge in [0.2, 0.25) is 5.91 Å². The van der Waals surface area contributed by atoms with E-state index in [1.807, 2.05) is 37.4 Å². The van der Waals surface area contributed by atoms with Crippen LogP contribution in [0.15, 0.2) is 41.8 Å². The van der Waals surface area contributed by atoms with Crippen LogP contribution < -0.4 is 15.0 Å². The summed E-state index contributed by atoms with van der Waals surface area (Å²) in [6.07, 6.45) is -0.175. The molecule has 0 aliphatic carbocycles. The summed E-state index contributed by atoms with van der Waals surface area (Å²) in [7, 11) is 0. The fraction of sp³-hybridized carbons (Fsp3) is 0.261. The molecule has 4 rings (SSSR count). The summed E-state index contributed by atoms with van der Waals surface area (Å²) in [5, 5.41) is 6.52. The number of carbonyl (C=O) groups excluding carboxylic acids is 2. The van der Waals surface area contributed by atoms with Crippen molar-refractivity contribution in [3.63, 3.8) is 0 Å². The quantitative estimate of drug-likeness (QED) is 0.479. The van der Waals surface area contributed by atoms with Gasteiger partial charge in [0, 0.05) is 26.7 Å². The molecule has 0 radical (unpaired) electrons. The van der Waals surface area contributed by atoms with Crippen molar-refractivity contribution in [2.75, 3.05) is 10.2 Å². The average Bonchev–Trinajstić information content (AvgIpc) is 3.18. The van der Waals surface area contributed by atoms with Crippen LogP contribution in [-0.4, -0.2) is 28.9 Å². The Labute approximate surface area is 200 Å². The van der Waals surface area contributed by atoms with Gasteiger partial charge in [-0.05, 0) is 56.7 Å². The molecule has 2 heterocycles. The van der Waals surface area contributed by atoms with E-state index >= 15 is 0 Å². The van der Waals surface area contributed by atoms with Gasteiger partial charge in [0.05, 0.1) is 16.4 Å².